The highest BCUT2D eigenvalue weighted by atomic mass is 16.2. The number of amides is 2. The third kappa shape index (κ3) is 4.69. The highest BCUT2D eigenvalue weighted by Crippen LogP contribution is 2.31. The Bertz CT molecular complexity index is 1100. The van der Waals surface area contributed by atoms with E-state index in [1.54, 1.807) is 4.90 Å². The van der Waals surface area contributed by atoms with Crippen LogP contribution in [-0.2, 0) is 4.79 Å². The summed E-state index contributed by atoms with van der Waals surface area (Å²) >= 11 is 0. The quantitative estimate of drug-likeness (QED) is 0.508. The summed E-state index contributed by atoms with van der Waals surface area (Å²) in [5.74, 6) is 0.0305. The van der Waals surface area contributed by atoms with Gasteiger partial charge in [0.25, 0.3) is 5.91 Å². The van der Waals surface area contributed by atoms with E-state index in [-0.39, 0.29) is 17.7 Å². The van der Waals surface area contributed by atoms with E-state index in [0.717, 1.165) is 47.7 Å². The Labute approximate surface area is 190 Å². The summed E-state index contributed by atoms with van der Waals surface area (Å²) in [5.41, 5.74) is 2.39. The summed E-state index contributed by atoms with van der Waals surface area (Å²) < 4.78 is 0. The van der Waals surface area contributed by atoms with Gasteiger partial charge in [0.15, 0.2) is 0 Å². The number of aryl methyl sites for hydroxylation is 1. The summed E-state index contributed by atoms with van der Waals surface area (Å²) in [4.78, 5) is 29.0. The van der Waals surface area contributed by atoms with Crippen molar-refractivity contribution in [2.75, 3.05) is 11.9 Å². The topological polar surface area (TPSA) is 49.4 Å². The zero-order valence-electron chi connectivity index (χ0n) is 19.0. The molecule has 0 saturated heterocycles. The molecule has 1 fully saturated rings. The standard InChI is InChI=1S/C28H32N2O2/c1-3-30(28(32)25-16-10-7-11-20(25)2)26(22-13-5-4-6-14-22)27(31)29-24-18-17-21-12-8-9-15-23(21)19-24/h7-12,15-19,22,26H,3-6,13-14H2,1-2H3,(H,29,31). The Hall–Kier alpha value is -3.14. The van der Waals surface area contributed by atoms with Gasteiger partial charge < -0.3 is 10.2 Å². The third-order valence-electron chi connectivity index (χ3n) is 6.69. The second kappa shape index (κ2) is 9.99. The SMILES string of the molecule is CCN(C(=O)c1ccccc1C)C(C(=O)Nc1ccc2ccccc2c1)C1CCCCC1. The maximum absolute atomic E-state index is 13.7. The van der Waals surface area contributed by atoms with E-state index in [1.807, 2.05) is 74.5 Å². The van der Waals surface area contributed by atoms with Crippen LogP contribution in [0.2, 0.25) is 0 Å². The molecule has 4 nitrogen and oxygen atoms in total. The molecule has 4 rings (SSSR count). The van der Waals surface area contributed by atoms with Crippen LogP contribution < -0.4 is 5.32 Å². The molecule has 0 spiro atoms. The maximum atomic E-state index is 13.7. The van der Waals surface area contributed by atoms with Gasteiger partial charge in [0.05, 0.1) is 0 Å². The molecule has 4 heteroatoms. The highest BCUT2D eigenvalue weighted by Gasteiger charge is 2.37. The van der Waals surface area contributed by atoms with Crippen LogP contribution in [0.4, 0.5) is 5.69 Å². The number of nitrogens with one attached hydrogen (secondary N) is 1. The summed E-state index contributed by atoms with van der Waals surface area (Å²) in [5, 5.41) is 5.36. The van der Waals surface area contributed by atoms with E-state index < -0.39 is 6.04 Å². The summed E-state index contributed by atoms with van der Waals surface area (Å²) in [6.45, 7) is 4.42. The number of hydrogen-bond acceptors (Lipinski definition) is 2. The van der Waals surface area contributed by atoms with Gasteiger partial charge in [-0.1, -0.05) is 67.8 Å². The van der Waals surface area contributed by atoms with Crippen LogP contribution in [0.1, 0.15) is 54.9 Å². The van der Waals surface area contributed by atoms with Gasteiger partial charge in [-0.05, 0) is 67.1 Å². The fourth-order valence-corrected chi connectivity index (χ4v) is 4.98. The lowest BCUT2D eigenvalue weighted by Crippen LogP contribution is -2.52. The number of nitrogens with zero attached hydrogens (tertiary/aromatic N) is 1. The van der Waals surface area contributed by atoms with Crippen molar-refractivity contribution in [3.05, 3.63) is 77.9 Å². The van der Waals surface area contributed by atoms with Crippen molar-refractivity contribution >= 4 is 28.3 Å². The van der Waals surface area contributed by atoms with Crippen molar-refractivity contribution in [2.45, 2.75) is 52.0 Å². The molecule has 1 N–H and O–H groups in total. The third-order valence-corrected chi connectivity index (χ3v) is 6.69. The lowest BCUT2D eigenvalue weighted by molar-refractivity contribution is -0.122. The maximum Gasteiger partial charge on any atom is 0.254 e. The molecule has 1 aliphatic rings. The van der Waals surface area contributed by atoms with E-state index in [1.165, 1.54) is 6.42 Å². The molecule has 0 heterocycles. The summed E-state index contributed by atoms with van der Waals surface area (Å²) in [6, 6.07) is 21.2. The monoisotopic (exact) mass is 428 g/mol. The van der Waals surface area contributed by atoms with Crippen LogP contribution in [0.15, 0.2) is 66.7 Å². The van der Waals surface area contributed by atoms with E-state index in [2.05, 4.69) is 11.4 Å². The molecule has 0 bridgehead atoms. The van der Waals surface area contributed by atoms with Crippen molar-refractivity contribution in [2.24, 2.45) is 5.92 Å². The molecular weight excluding hydrogens is 396 g/mol. The number of carbonyl (C=O) groups excluding carboxylic acids is 2. The first-order chi connectivity index (χ1) is 15.6. The number of likely N-dealkylation sites (N-methyl/N-ethyl adjacent to an activating group) is 1. The van der Waals surface area contributed by atoms with Crippen LogP contribution >= 0.6 is 0 Å². The molecule has 1 atom stereocenters. The largest absolute Gasteiger partial charge is 0.327 e. The summed E-state index contributed by atoms with van der Waals surface area (Å²) in [6.07, 6.45) is 5.38. The Kier molecular flexibility index (Phi) is 6.89. The number of fused-ring (bicyclic) bond motifs is 1. The van der Waals surface area contributed by atoms with Crippen molar-refractivity contribution in [1.82, 2.24) is 4.90 Å². The second-order valence-electron chi connectivity index (χ2n) is 8.80. The van der Waals surface area contributed by atoms with Gasteiger partial charge in [-0.3, -0.25) is 9.59 Å². The van der Waals surface area contributed by atoms with Gasteiger partial charge in [-0.25, -0.2) is 0 Å². The fraction of sp³-hybridized carbons (Fsp3) is 0.357. The molecule has 32 heavy (non-hydrogen) atoms. The number of anilines is 1. The first kappa shape index (κ1) is 22.1. The Morgan fingerprint density at radius 2 is 1.62 bits per heavy atom. The Morgan fingerprint density at radius 3 is 2.34 bits per heavy atom. The molecule has 3 aromatic carbocycles. The molecule has 0 radical (unpaired) electrons. The average Bonchev–Trinajstić information content (AvgIpc) is 2.82. The van der Waals surface area contributed by atoms with E-state index >= 15 is 0 Å². The predicted molar refractivity (Wildman–Crippen MR) is 131 cm³/mol. The van der Waals surface area contributed by atoms with E-state index in [4.69, 9.17) is 0 Å². The van der Waals surface area contributed by atoms with Gasteiger partial charge in [0.1, 0.15) is 6.04 Å². The number of benzene rings is 3. The summed E-state index contributed by atoms with van der Waals surface area (Å²) in [7, 11) is 0. The predicted octanol–water partition coefficient (Wildman–Crippen LogP) is 6.20. The molecule has 166 valence electrons. The molecule has 0 aromatic heterocycles. The van der Waals surface area contributed by atoms with Gasteiger partial charge in [0.2, 0.25) is 5.91 Å². The lowest BCUT2D eigenvalue weighted by Gasteiger charge is -2.37. The molecule has 3 aromatic rings. The number of rotatable bonds is 6. The molecule has 1 aliphatic carbocycles. The zero-order valence-corrected chi connectivity index (χ0v) is 19.0. The van der Waals surface area contributed by atoms with Crippen LogP contribution in [0, 0.1) is 12.8 Å². The van der Waals surface area contributed by atoms with Crippen molar-refractivity contribution in [3.63, 3.8) is 0 Å². The Morgan fingerprint density at radius 1 is 0.938 bits per heavy atom. The minimum Gasteiger partial charge on any atom is -0.327 e. The van der Waals surface area contributed by atoms with Gasteiger partial charge in [-0.2, -0.15) is 0 Å². The van der Waals surface area contributed by atoms with Crippen molar-refractivity contribution in [3.8, 4) is 0 Å². The first-order valence-corrected chi connectivity index (χ1v) is 11.7. The molecule has 1 unspecified atom stereocenters. The highest BCUT2D eigenvalue weighted by molar-refractivity contribution is 6.02. The van der Waals surface area contributed by atoms with E-state index in [9.17, 15) is 9.59 Å². The number of hydrogen-bond donors (Lipinski definition) is 1. The first-order valence-electron chi connectivity index (χ1n) is 11.7. The van der Waals surface area contributed by atoms with Gasteiger partial charge in [0, 0.05) is 17.8 Å². The smallest absolute Gasteiger partial charge is 0.254 e. The lowest BCUT2D eigenvalue weighted by atomic mass is 9.82. The fourth-order valence-electron chi connectivity index (χ4n) is 4.98. The normalized spacial score (nSPS) is 15.3. The average molecular weight is 429 g/mol. The van der Waals surface area contributed by atoms with Gasteiger partial charge in [-0.15, -0.1) is 0 Å². The number of carbonyl (C=O) groups is 2. The van der Waals surface area contributed by atoms with Crippen LogP contribution in [0.25, 0.3) is 10.8 Å². The Balaban J connectivity index is 1.64. The second-order valence-corrected chi connectivity index (χ2v) is 8.80. The van der Waals surface area contributed by atoms with Crippen molar-refractivity contribution in [1.29, 1.82) is 0 Å². The zero-order chi connectivity index (χ0) is 22.5. The molecule has 0 aliphatic heterocycles. The van der Waals surface area contributed by atoms with Crippen molar-refractivity contribution < 1.29 is 9.59 Å². The molecule has 2 amide bonds. The molecule has 1 saturated carbocycles. The van der Waals surface area contributed by atoms with Crippen LogP contribution in [-0.4, -0.2) is 29.3 Å². The van der Waals surface area contributed by atoms with Gasteiger partial charge >= 0.3 is 0 Å². The van der Waals surface area contributed by atoms with Crippen LogP contribution in [0.3, 0.4) is 0 Å². The minimum absolute atomic E-state index is 0.0603. The molecular formula is C28H32N2O2. The van der Waals surface area contributed by atoms with E-state index in [0.29, 0.717) is 12.1 Å². The van der Waals surface area contributed by atoms with Crippen LogP contribution in [0.5, 0.6) is 0 Å². The minimum atomic E-state index is -0.473.